The van der Waals surface area contributed by atoms with E-state index in [9.17, 15) is 9.59 Å². The van der Waals surface area contributed by atoms with Crippen LogP contribution in [0.3, 0.4) is 0 Å². The number of nitrogens with one attached hydrogen (secondary N) is 3. The number of rotatable bonds is 7. The van der Waals surface area contributed by atoms with Crippen LogP contribution in [0.15, 0.2) is 30.3 Å². The lowest BCUT2D eigenvalue weighted by molar-refractivity contribution is -0.120. The van der Waals surface area contributed by atoms with E-state index in [-0.39, 0.29) is 18.4 Å². The highest BCUT2D eigenvalue weighted by molar-refractivity contribution is 5.78. The minimum absolute atomic E-state index is 0.0540. The second-order valence-electron chi connectivity index (χ2n) is 3.92. The lowest BCUT2D eigenvalue weighted by Crippen LogP contribution is -2.37. The van der Waals surface area contributed by atoms with Crippen LogP contribution >= 0.6 is 0 Å². The first-order valence-electron chi connectivity index (χ1n) is 5.94. The van der Waals surface area contributed by atoms with Gasteiger partial charge in [-0.05, 0) is 5.56 Å². The van der Waals surface area contributed by atoms with Crippen molar-refractivity contribution in [3.8, 4) is 0 Å². The van der Waals surface area contributed by atoms with Crippen molar-refractivity contribution >= 4 is 11.8 Å². The molecule has 0 aliphatic carbocycles. The third-order valence-corrected chi connectivity index (χ3v) is 2.29. The molecule has 0 atom stereocenters. The molecule has 1 aromatic rings. The molecule has 0 fully saturated rings. The summed E-state index contributed by atoms with van der Waals surface area (Å²) in [7, 11) is 0. The van der Waals surface area contributed by atoms with Gasteiger partial charge in [0.05, 0.1) is 6.54 Å². The van der Waals surface area contributed by atoms with Gasteiger partial charge in [-0.25, -0.2) is 0 Å². The summed E-state index contributed by atoms with van der Waals surface area (Å²) in [5.41, 5.74) is 1.07. The molecule has 0 saturated heterocycles. The van der Waals surface area contributed by atoms with Crippen molar-refractivity contribution in [2.24, 2.45) is 0 Å². The highest BCUT2D eigenvalue weighted by Gasteiger charge is 2.00. The average Bonchev–Trinajstić information content (AvgIpc) is 2.37. The van der Waals surface area contributed by atoms with E-state index in [2.05, 4.69) is 16.0 Å². The normalized spacial score (nSPS) is 9.83. The van der Waals surface area contributed by atoms with Gasteiger partial charge in [-0.15, -0.1) is 0 Å². The molecule has 0 saturated carbocycles. The van der Waals surface area contributed by atoms with Gasteiger partial charge in [0.1, 0.15) is 0 Å². The zero-order chi connectivity index (χ0) is 13.2. The fraction of sp³-hybridized carbons (Fsp3) is 0.385. The number of benzene rings is 1. The molecule has 0 unspecified atom stereocenters. The summed E-state index contributed by atoms with van der Waals surface area (Å²) in [6.45, 7) is 3.37. The minimum atomic E-state index is -0.0645. The Kier molecular flexibility index (Phi) is 6.50. The fourth-order valence-corrected chi connectivity index (χ4v) is 1.39. The molecule has 98 valence electrons. The lowest BCUT2D eigenvalue weighted by Gasteiger charge is -2.07. The van der Waals surface area contributed by atoms with Gasteiger partial charge in [0, 0.05) is 26.6 Å². The molecule has 0 heterocycles. The Balaban J connectivity index is 2.06. The smallest absolute Gasteiger partial charge is 0.234 e. The van der Waals surface area contributed by atoms with Gasteiger partial charge in [-0.2, -0.15) is 0 Å². The second-order valence-corrected chi connectivity index (χ2v) is 3.92. The highest BCUT2D eigenvalue weighted by Crippen LogP contribution is 1.96. The van der Waals surface area contributed by atoms with Gasteiger partial charge in [0.15, 0.2) is 0 Å². The molecule has 0 spiro atoms. The van der Waals surface area contributed by atoms with Crippen LogP contribution in [-0.4, -0.2) is 31.4 Å². The van der Waals surface area contributed by atoms with E-state index >= 15 is 0 Å². The van der Waals surface area contributed by atoms with Gasteiger partial charge in [-0.3, -0.25) is 9.59 Å². The zero-order valence-corrected chi connectivity index (χ0v) is 10.5. The SMILES string of the molecule is CC(=O)NCCNCC(=O)NCc1ccccc1. The van der Waals surface area contributed by atoms with Crippen molar-refractivity contribution in [3.63, 3.8) is 0 Å². The van der Waals surface area contributed by atoms with Crippen LogP contribution in [0.4, 0.5) is 0 Å². The Morgan fingerprint density at radius 2 is 1.78 bits per heavy atom. The molecular formula is C13H19N3O2. The van der Waals surface area contributed by atoms with Crippen LogP contribution in [0.25, 0.3) is 0 Å². The zero-order valence-electron chi connectivity index (χ0n) is 10.5. The fourth-order valence-electron chi connectivity index (χ4n) is 1.39. The van der Waals surface area contributed by atoms with Gasteiger partial charge in [-0.1, -0.05) is 30.3 Å². The van der Waals surface area contributed by atoms with Crippen molar-refractivity contribution in [2.45, 2.75) is 13.5 Å². The summed E-state index contributed by atoms with van der Waals surface area (Å²) in [5, 5.41) is 8.40. The number of carbonyl (C=O) groups excluding carboxylic acids is 2. The van der Waals surface area contributed by atoms with Crippen molar-refractivity contribution in [2.75, 3.05) is 19.6 Å². The van der Waals surface area contributed by atoms with Crippen molar-refractivity contribution in [1.82, 2.24) is 16.0 Å². The highest BCUT2D eigenvalue weighted by atomic mass is 16.2. The molecule has 0 radical (unpaired) electrons. The van der Waals surface area contributed by atoms with Crippen LogP contribution in [0.5, 0.6) is 0 Å². The van der Waals surface area contributed by atoms with Crippen LogP contribution in [-0.2, 0) is 16.1 Å². The third-order valence-electron chi connectivity index (χ3n) is 2.29. The standard InChI is InChI=1S/C13H19N3O2/c1-11(17)15-8-7-14-10-13(18)16-9-12-5-3-2-4-6-12/h2-6,14H,7-10H2,1H3,(H,15,17)(H,16,18). The van der Waals surface area contributed by atoms with E-state index in [1.54, 1.807) is 0 Å². The largest absolute Gasteiger partial charge is 0.355 e. The molecule has 1 rings (SSSR count). The first kappa shape index (κ1) is 14.2. The molecule has 2 amide bonds. The molecule has 18 heavy (non-hydrogen) atoms. The Morgan fingerprint density at radius 3 is 2.44 bits per heavy atom. The van der Waals surface area contributed by atoms with Gasteiger partial charge in [0.2, 0.25) is 11.8 Å². The maximum Gasteiger partial charge on any atom is 0.234 e. The quantitative estimate of drug-likeness (QED) is 0.597. The number of carbonyl (C=O) groups is 2. The van der Waals surface area contributed by atoms with Crippen LogP contribution in [0.2, 0.25) is 0 Å². The summed E-state index contributed by atoms with van der Waals surface area (Å²) in [5.74, 6) is -0.119. The predicted octanol–water partition coefficient (Wildman–Crippen LogP) is 0.0285. The summed E-state index contributed by atoms with van der Waals surface area (Å²) in [6, 6.07) is 9.74. The Morgan fingerprint density at radius 1 is 1.06 bits per heavy atom. The van der Waals surface area contributed by atoms with Crippen LogP contribution < -0.4 is 16.0 Å². The van der Waals surface area contributed by atoms with Crippen LogP contribution in [0, 0.1) is 0 Å². The summed E-state index contributed by atoms with van der Waals surface area (Å²) in [6.07, 6.45) is 0. The average molecular weight is 249 g/mol. The molecule has 5 nitrogen and oxygen atoms in total. The van der Waals surface area contributed by atoms with Crippen molar-refractivity contribution < 1.29 is 9.59 Å². The Hall–Kier alpha value is -1.88. The molecular weight excluding hydrogens is 230 g/mol. The Bertz CT molecular complexity index is 379. The van der Waals surface area contributed by atoms with Crippen molar-refractivity contribution in [3.05, 3.63) is 35.9 Å². The first-order chi connectivity index (χ1) is 8.68. The van der Waals surface area contributed by atoms with Crippen LogP contribution in [0.1, 0.15) is 12.5 Å². The van der Waals surface area contributed by atoms with Gasteiger partial charge < -0.3 is 16.0 Å². The lowest BCUT2D eigenvalue weighted by atomic mass is 10.2. The Labute approximate surface area is 107 Å². The van der Waals surface area contributed by atoms with E-state index in [4.69, 9.17) is 0 Å². The maximum atomic E-state index is 11.5. The van der Waals surface area contributed by atoms with Gasteiger partial charge >= 0.3 is 0 Å². The monoisotopic (exact) mass is 249 g/mol. The van der Waals surface area contributed by atoms with E-state index < -0.39 is 0 Å². The number of hydrogen-bond donors (Lipinski definition) is 3. The van der Waals surface area contributed by atoms with E-state index in [0.717, 1.165) is 5.56 Å². The molecule has 5 heteroatoms. The minimum Gasteiger partial charge on any atom is -0.355 e. The molecule has 0 aromatic heterocycles. The summed E-state index contributed by atoms with van der Waals surface area (Å²) in [4.78, 5) is 22.0. The van der Waals surface area contributed by atoms with Crippen molar-refractivity contribution in [1.29, 1.82) is 0 Å². The van der Waals surface area contributed by atoms with E-state index in [1.165, 1.54) is 6.92 Å². The predicted molar refractivity (Wildman–Crippen MR) is 69.8 cm³/mol. The molecule has 1 aromatic carbocycles. The topological polar surface area (TPSA) is 70.2 Å². The first-order valence-corrected chi connectivity index (χ1v) is 5.94. The summed E-state index contributed by atoms with van der Waals surface area (Å²) >= 11 is 0. The summed E-state index contributed by atoms with van der Waals surface area (Å²) < 4.78 is 0. The van der Waals surface area contributed by atoms with Gasteiger partial charge in [0.25, 0.3) is 0 Å². The molecule has 3 N–H and O–H groups in total. The third kappa shape index (κ3) is 6.65. The van der Waals surface area contributed by atoms with E-state index in [1.807, 2.05) is 30.3 Å². The number of amides is 2. The number of hydrogen-bond acceptors (Lipinski definition) is 3. The van der Waals surface area contributed by atoms with E-state index in [0.29, 0.717) is 19.6 Å². The second kappa shape index (κ2) is 8.25. The maximum absolute atomic E-state index is 11.5. The molecule has 0 bridgehead atoms. The molecule has 0 aliphatic heterocycles. The molecule has 0 aliphatic rings.